The number of likely N-dealkylation sites (tertiary alicyclic amines) is 1. The molecule has 0 saturated carbocycles. The van der Waals surface area contributed by atoms with Crippen molar-refractivity contribution in [1.29, 1.82) is 0 Å². The van der Waals surface area contributed by atoms with Crippen LogP contribution in [0.1, 0.15) is 17.7 Å². The summed E-state index contributed by atoms with van der Waals surface area (Å²) in [6.07, 6.45) is 3.49. The quantitative estimate of drug-likeness (QED) is 0.671. The molecule has 2 heterocycles. The molecule has 7 heteroatoms. The summed E-state index contributed by atoms with van der Waals surface area (Å²) in [7, 11) is 0. The van der Waals surface area contributed by atoms with E-state index < -0.39 is 11.9 Å². The van der Waals surface area contributed by atoms with Gasteiger partial charge in [-0.1, -0.05) is 0 Å². The molecule has 0 aliphatic carbocycles. The van der Waals surface area contributed by atoms with Crippen LogP contribution in [-0.2, 0) is 11.2 Å². The number of carbonyl (C=O) groups excluding carboxylic acids is 1. The van der Waals surface area contributed by atoms with Crippen LogP contribution in [0.5, 0.6) is 0 Å². The van der Waals surface area contributed by atoms with Crippen LogP contribution in [0.4, 0.5) is 4.79 Å². The Morgan fingerprint density at radius 2 is 2.32 bits per heavy atom. The van der Waals surface area contributed by atoms with E-state index in [9.17, 15) is 9.59 Å². The van der Waals surface area contributed by atoms with Gasteiger partial charge in [-0.25, -0.2) is 4.79 Å². The van der Waals surface area contributed by atoms with E-state index in [1.54, 1.807) is 6.20 Å². The molecule has 2 rings (SSSR count). The lowest BCUT2D eigenvalue weighted by Gasteiger charge is -2.36. The molecular weight excluding hydrogens is 248 g/mol. The number of aromatic amines is 1. The van der Waals surface area contributed by atoms with E-state index in [1.807, 2.05) is 6.92 Å². The first-order valence-corrected chi connectivity index (χ1v) is 6.32. The minimum atomic E-state index is -0.834. The number of urea groups is 1. The Hall–Kier alpha value is -2.05. The highest BCUT2D eigenvalue weighted by Gasteiger charge is 2.35. The van der Waals surface area contributed by atoms with E-state index in [0.717, 1.165) is 24.1 Å². The van der Waals surface area contributed by atoms with Gasteiger partial charge < -0.3 is 15.3 Å². The van der Waals surface area contributed by atoms with Crippen LogP contribution in [-0.4, -0.2) is 51.8 Å². The number of rotatable bonds is 5. The van der Waals surface area contributed by atoms with Crippen molar-refractivity contribution in [3.63, 3.8) is 0 Å². The Kier molecular flexibility index (Phi) is 4.03. The molecule has 1 saturated heterocycles. The molecule has 0 spiro atoms. The topological polar surface area (TPSA) is 98.3 Å². The van der Waals surface area contributed by atoms with E-state index in [0.29, 0.717) is 19.6 Å². The fraction of sp³-hybridized carbons (Fsp3) is 0.583. The SMILES string of the molecule is Cc1[nH]ncc1CCCNC(=O)N1CC(C(=O)O)C1. The molecule has 0 radical (unpaired) electrons. The minimum absolute atomic E-state index is 0.179. The normalized spacial score (nSPS) is 15.1. The number of hydrogen-bond donors (Lipinski definition) is 3. The molecule has 3 N–H and O–H groups in total. The Bertz CT molecular complexity index is 465. The summed E-state index contributed by atoms with van der Waals surface area (Å²) < 4.78 is 0. The number of H-pyrrole nitrogens is 1. The summed E-state index contributed by atoms with van der Waals surface area (Å²) in [5, 5.41) is 18.3. The molecule has 1 aromatic rings. The second kappa shape index (κ2) is 5.73. The van der Waals surface area contributed by atoms with Gasteiger partial charge in [0.25, 0.3) is 0 Å². The van der Waals surface area contributed by atoms with E-state index in [2.05, 4.69) is 15.5 Å². The fourth-order valence-electron chi connectivity index (χ4n) is 2.01. The molecule has 0 bridgehead atoms. The maximum atomic E-state index is 11.6. The second-order valence-corrected chi connectivity index (χ2v) is 4.80. The molecule has 1 aliphatic rings. The number of amides is 2. The molecule has 1 fully saturated rings. The van der Waals surface area contributed by atoms with Gasteiger partial charge >= 0.3 is 12.0 Å². The highest BCUT2D eigenvalue weighted by molar-refractivity contribution is 5.79. The highest BCUT2D eigenvalue weighted by atomic mass is 16.4. The zero-order valence-electron chi connectivity index (χ0n) is 10.8. The number of hydrogen-bond acceptors (Lipinski definition) is 3. The van der Waals surface area contributed by atoms with Gasteiger partial charge in [-0.3, -0.25) is 9.89 Å². The molecule has 0 unspecified atom stereocenters. The minimum Gasteiger partial charge on any atom is -0.481 e. The van der Waals surface area contributed by atoms with E-state index in [4.69, 9.17) is 5.11 Å². The van der Waals surface area contributed by atoms with Crippen molar-refractivity contribution < 1.29 is 14.7 Å². The third kappa shape index (κ3) is 3.24. The molecule has 19 heavy (non-hydrogen) atoms. The molecule has 1 aliphatic heterocycles. The van der Waals surface area contributed by atoms with Crippen molar-refractivity contribution >= 4 is 12.0 Å². The van der Waals surface area contributed by atoms with Gasteiger partial charge in [0.1, 0.15) is 0 Å². The zero-order chi connectivity index (χ0) is 13.8. The van der Waals surface area contributed by atoms with Crippen LogP contribution in [0.3, 0.4) is 0 Å². The number of aliphatic carboxylic acids is 1. The average Bonchev–Trinajstić information content (AvgIpc) is 2.68. The van der Waals surface area contributed by atoms with Gasteiger partial charge in [-0.05, 0) is 25.3 Å². The molecule has 0 aromatic carbocycles. The lowest BCUT2D eigenvalue weighted by Crippen LogP contribution is -2.56. The zero-order valence-corrected chi connectivity index (χ0v) is 10.8. The first kappa shape index (κ1) is 13.4. The van der Waals surface area contributed by atoms with Gasteiger partial charge in [-0.2, -0.15) is 5.10 Å². The first-order valence-electron chi connectivity index (χ1n) is 6.32. The van der Waals surface area contributed by atoms with Gasteiger partial charge in [0.05, 0.1) is 12.1 Å². The summed E-state index contributed by atoms with van der Waals surface area (Å²) in [5.41, 5.74) is 2.21. The van der Waals surface area contributed by atoms with Crippen LogP contribution in [0.15, 0.2) is 6.20 Å². The monoisotopic (exact) mass is 266 g/mol. The molecule has 1 aromatic heterocycles. The van der Waals surface area contributed by atoms with Crippen LogP contribution in [0.25, 0.3) is 0 Å². The number of carbonyl (C=O) groups is 2. The molecule has 7 nitrogen and oxygen atoms in total. The number of carboxylic acids is 1. The Morgan fingerprint density at radius 3 is 2.89 bits per heavy atom. The average molecular weight is 266 g/mol. The van der Waals surface area contributed by atoms with Crippen molar-refractivity contribution in [1.82, 2.24) is 20.4 Å². The molecule has 0 atom stereocenters. The van der Waals surface area contributed by atoms with Gasteiger partial charge in [0.2, 0.25) is 0 Å². The summed E-state index contributed by atoms with van der Waals surface area (Å²) in [5.74, 6) is -1.24. The van der Waals surface area contributed by atoms with Crippen molar-refractivity contribution in [2.45, 2.75) is 19.8 Å². The highest BCUT2D eigenvalue weighted by Crippen LogP contribution is 2.15. The lowest BCUT2D eigenvalue weighted by atomic mass is 10.0. The molecular formula is C12H18N4O3. The number of nitrogens with one attached hydrogen (secondary N) is 2. The van der Waals surface area contributed by atoms with Crippen LogP contribution < -0.4 is 5.32 Å². The maximum Gasteiger partial charge on any atom is 0.317 e. The van der Waals surface area contributed by atoms with Crippen molar-refractivity contribution in [2.75, 3.05) is 19.6 Å². The molecule has 2 amide bonds. The van der Waals surface area contributed by atoms with Gasteiger partial charge in [-0.15, -0.1) is 0 Å². The summed E-state index contributed by atoms with van der Waals surface area (Å²) in [6.45, 7) is 3.16. The predicted molar refractivity (Wildman–Crippen MR) is 67.7 cm³/mol. The number of carboxylic acid groups (broad SMARTS) is 1. The van der Waals surface area contributed by atoms with Crippen LogP contribution in [0, 0.1) is 12.8 Å². The van der Waals surface area contributed by atoms with E-state index >= 15 is 0 Å². The lowest BCUT2D eigenvalue weighted by molar-refractivity contribution is -0.146. The van der Waals surface area contributed by atoms with Crippen molar-refractivity contribution in [3.05, 3.63) is 17.5 Å². The van der Waals surface area contributed by atoms with Crippen LogP contribution >= 0.6 is 0 Å². The summed E-state index contributed by atoms with van der Waals surface area (Å²) >= 11 is 0. The summed E-state index contributed by atoms with van der Waals surface area (Å²) in [6, 6.07) is -0.179. The first-order chi connectivity index (χ1) is 9.08. The smallest absolute Gasteiger partial charge is 0.317 e. The van der Waals surface area contributed by atoms with Gasteiger partial charge in [0, 0.05) is 25.3 Å². The van der Waals surface area contributed by atoms with Gasteiger partial charge in [0.15, 0.2) is 0 Å². The van der Waals surface area contributed by atoms with E-state index in [1.165, 1.54) is 4.90 Å². The Balaban J connectivity index is 1.60. The van der Waals surface area contributed by atoms with Crippen molar-refractivity contribution in [3.8, 4) is 0 Å². The Labute approximate surface area is 111 Å². The number of nitrogens with zero attached hydrogens (tertiary/aromatic N) is 2. The third-order valence-electron chi connectivity index (χ3n) is 3.35. The fourth-order valence-corrected chi connectivity index (χ4v) is 2.01. The van der Waals surface area contributed by atoms with Crippen LogP contribution in [0.2, 0.25) is 0 Å². The van der Waals surface area contributed by atoms with E-state index in [-0.39, 0.29) is 6.03 Å². The summed E-state index contributed by atoms with van der Waals surface area (Å²) in [4.78, 5) is 23.7. The third-order valence-corrected chi connectivity index (χ3v) is 3.35. The second-order valence-electron chi connectivity index (χ2n) is 4.80. The predicted octanol–water partition coefficient (Wildman–Crippen LogP) is 0.377. The number of aromatic nitrogens is 2. The standard InChI is InChI=1S/C12H18N4O3/c1-8-9(5-14-15-8)3-2-4-13-12(19)16-6-10(7-16)11(17)18/h5,10H,2-4,6-7H2,1H3,(H,13,19)(H,14,15)(H,17,18). The van der Waals surface area contributed by atoms with Crippen molar-refractivity contribution in [2.24, 2.45) is 5.92 Å². The number of aryl methyl sites for hydroxylation is 2. The maximum absolute atomic E-state index is 11.6. The Morgan fingerprint density at radius 1 is 1.58 bits per heavy atom. The molecule has 104 valence electrons. The largest absolute Gasteiger partial charge is 0.481 e.